The van der Waals surface area contributed by atoms with Gasteiger partial charge in [0.2, 0.25) is 0 Å². The molecule has 1 amide bonds. The van der Waals surface area contributed by atoms with Gasteiger partial charge in [0.05, 0.1) is 30.1 Å². The summed E-state index contributed by atoms with van der Waals surface area (Å²) in [7, 11) is 0. The lowest BCUT2D eigenvalue weighted by Crippen LogP contribution is -2.17. The number of rotatable bonds is 7. The first-order chi connectivity index (χ1) is 13.7. The van der Waals surface area contributed by atoms with Gasteiger partial charge in [0.25, 0.3) is 5.91 Å². The fourth-order valence-electron chi connectivity index (χ4n) is 2.43. The third-order valence-corrected chi connectivity index (χ3v) is 3.75. The average Bonchev–Trinajstić information content (AvgIpc) is 2.74. The normalized spacial score (nSPS) is 10.2. The number of amides is 1. The van der Waals surface area contributed by atoms with E-state index in [0.717, 1.165) is 5.69 Å². The number of hydrogen-bond donors (Lipinski definition) is 2. The minimum absolute atomic E-state index is 0.164. The van der Waals surface area contributed by atoms with Gasteiger partial charge in [-0.3, -0.25) is 9.78 Å². The molecule has 0 saturated heterocycles. The molecule has 0 spiro atoms. The molecule has 8 heteroatoms. The van der Waals surface area contributed by atoms with Crippen molar-refractivity contribution in [3.8, 4) is 0 Å². The van der Waals surface area contributed by atoms with Crippen molar-refractivity contribution in [2.24, 2.45) is 0 Å². The number of esters is 1. The van der Waals surface area contributed by atoms with Crippen LogP contribution < -0.4 is 10.6 Å². The molecule has 0 aliphatic carbocycles. The number of carbonyl (C=O) groups excluding carboxylic acids is 2. The summed E-state index contributed by atoms with van der Waals surface area (Å²) >= 11 is 0. The average molecular weight is 377 g/mol. The van der Waals surface area contributed by atoms with Crippen LogP contribution in [0.5, 0.6) is 0 Å². The number of anilines is 2. The largest absolute Gasteiger partial charge is 0.462 e. The van der Waals surface area contributed by atoms with Gasteiger partial charge in [0.15, 0.2) is 0 Å². The Morgan fingerprint density at radius 1 is 1.04 bits per heavy atom. The van der Waals surface area contributed by atoms with Gasteiger partial charge in [-0.15, -0.1) is 0 Å². The molecule has 2 aromatic heterocycles. The molecular weight excluding hydrogens is 358 g/mol. The van der Waals surface area contributed by atoms with Gasteiger partial charge >= 0.3 is 5.97 Å². The van der Waals surface area contributed by atoms with Crippen LogP contribution in [0.3, 0.4) is 0 Å². The van der Waals surface area contributed by atoms with Crippen LogP contribution in [0, 0.1) is 0 Å². The van der Waals surface area contributed by atoms with Crippen LogP contribution in [0.2, 0.25) is 0 Å². The Morgan fingerprint density at radius 2 is 1.86 bits per heavy atom. The van der Waals surface area contributed by atoms with E-state index in [0.29, 0.717) is 18.1 Å². The molecule has 28 heavy (non-hydrogen) atoms. The van der Waals surface area contributed by atoms with Gasteiger partial charge in [0, 0.05) is 12.3 Å². The molecule has 2 N–H and O–H groups in total. The van der Waals surface area contributed by atoms with E-state index in [4.69, 9.17) is 4.74 Å². The predicted molar refractivity (Wildman–Crippen MR) is 104 cm³/mol. The van der Waals surface area contributed by atoms with Gasteiger partial charge in [0.1, 0.15) is 17.8 Å². The minimum Gasteiger partial charge on any atom is -0.462 e. The first-order valence-corrected chi connectivity index (χ1v) is 8.70. The number of aromatic nitrogens is 3. The highest BCUT2D eigenvalue weighted by Gasteiger charge is 2.16. The summed E-state index contributed by atoms with van der Waals surface area (Å²) in [6.07, 6.45) is 3.00. The highest BCUT2D eigenvalue weighted by molar-refractivity contribution is 6.07. The van der Waals surface area contributed by atoms with Crippen molar-refractivity contribution >= 4 is 23.4 Å². The molecule has 0 aliphatic heterocycles. The van der Waals surface area contributed by atoms with Crippen LogP contribution in [-0.2, 0) is 11.3 Å². The summed E-state index contributed by atoms with van der Waals surface area (Å²) in [5, 5.41) is 5.80. The Bertz CT molecular complexity index is 963. The van der Waals surface area contributed by atoms with Crippen molar-refractivity contribution < 1.29 is 14.3 Å². The molecule has 0 fully saturated rings. The zero-order valence-corrected chi connectivity index (χ0v) is 15.3. The lowest BCUT2D eigenvalue weighted by atomic mass is 10.1. The number of ether oxygens (including phenoxy) is 1. The van der Waals surface area contributed by atoms with Crippen molar-refractivity contribution in [3.63, 3.8) is 0 Å². The van der Waals surface area contributed by atoms with Gasteiger partial charge in [-0.1, -0.05) is 18.2 Å². The Kier molecular flexibility index (Phi) is 6.25. The second kappa shape index (κ2) is 9.22. The lowest BCUT2D eigenvalue weighted by Gasteiger charge is -2.10. The summed E-state index contributed by atoms with van der Waals surface area (Å²) in [6.45, 7) is 2.43. The second-order valence-electron chi connectivity index (χ2n) is 5.68. The van der Waals surface area contributed by atoms with E-state index < -0.39 is 11.9 Å². The number of pyridine rings is 1. The number of nitrogens with one attached hydrogen (secondary N) is 2. The zero-order chi connectivity index (χ0) is 19.8. The topological polar surface area (TPSA) is 106 Å². The Labute approximate surface area is 162 Å². The predicted octanol–water partition coefficient (Wildman–Crippen LogP) is 2.91. The maximum atomic E-state index is 12.6. The van der Waals surface area contributed by atoms with E-state index in [-0.39, 0.29) is 17.9 Å². The lowest BCUT2D eigenvalue weighted by molar-refractivity contribution is 0.0527. The first kappa shape index (κ1) is 19.0. The number of para-hydroxylation sites is 1. The molecular formula is C20H19N5O3. The molecule has 142 valence electrons. The van der Waals surface area contributed by atoms with Crippen LogP contribution in [-0.4, -0.2) is 33.4 Å². The highest BCUT2D eigenvalue weighted by atomic mass is 16.5. The van der Waals surface area contributed by atoms with E-state index in [1.54, 1.807) is 37.4 Å². The summed E-state index contributed by atoms with van der Waals surface area (Å²) in [4.78, 5) is 37.0. The number of nitrogens with zero attached hydrogens (tertiary/aromatic N) is 3. The van der Waals surface area contributed by atoms with E-state index in [1.807, 2.05) is 18.2 Å². The first-order valence-electron chi connectivity index (χ1n) is 8.70. The van der Waals surface area contributed by atoms with Crippen LogP contribution in [0.4, 0.5) is 11.5 Å². The molecule has 8 nitrogen and oxygen atoms in total. The Balaban J connectivity index is 1.71. The van der Waals surface area contributed by atoms with Gasteiger partial charge < -0.3 is 15.4 Å². The Morgan fingerprint density at radius 3 is 2.64 bits per heavy atom. The third kappa shape index (κ3) is 4.88. The van der Waals surface area contributed by atoms with E-state index >= 15 is 0 Å². The number of hydrogen-bond acceptors (Lipinski definition) is 7. The van der Waals surface area contributed by atoms with Crippen LogP contribution in [0.15, 0.2) is 61.1 Å². The fourth-order valence-corrected chi connectivity index (χ4v) is 2.43. The van der Waals surface area contributed by atoms with Crippen molar-refractivity contribution in [3.05, 3.63) is 78.0 Å². The molecule has 0 saturated carbocycles. The minimum atomic E-state index is -0.501. The van der Waals surface area contributed by atoms with E-state index in [9.17, 15) is 9.59 Å². The van der Waals surface area contributed by atoms with Crippen LogP contribution >= 0.6 is 0 Å². The number of carbonyl (C=O) groups is 2. The quantitative estimate of drug-likeness (QED) is 0.610. The van der Waals surface area contributed by atoms with Crippen LogP contribution in [0.1, 0.15) is 33.5 Å². The summed E-state index contributed by atoms with van der Waals surface area (Å²) in [5.41, 5.74) is 1.64. The number of benzene rings is 1. The third-order valence-electron chi connectivity index (χ3n) is 3.75. The second-order valence-corrected chi connectivity index (χ2v) is 5.68. The highest BCUT2D eigenvalue weighted by Crippen LogP contribution is 2.17. The molecule has 0 aliphatic rings. The van der Waals surface area contributed by atoms with Gasteiger partial charge in [-0.2, -0.15) is 0 Å². The molecule has 1 aromatic carbocycles. The SMILES string of the molecule is CCOC(=O)c1ccccc1NC(=O)c1cc(NCc2ccccn2)ncn1. The zero-order valence-electron chi connectivity index (χ0n) is 15.3. The molecule has 0 bridgehead atoms. The van der Waals surface area contributed by atoms with Crippen molar-refractivity contribution in [1.82, 2.24) is 15.0 Å². The molecule has 0 radical (unpaired) electrons. The summed E-state index contributed by atoms with van der Waals surface area (Å²) in [6, 6.07) is 13.8. The summed E-state index contributed by atoms with van der Waals surface area (Å²) in [5.74, 6) is -0.469. The monoisotopic (exact) mass is 377 g/mol. The van der Waals surface area contributed by atoms with Crippen molar-refractivity contribution in [1.29, 1.82) is 0 Å². The smallest absolute Gasteiger partial charge is 0.340 e. The molecule has 0 unspecified atom stereocenters. The maximum absolute atomic E-state index is 12.6. The standard InChI is InChI=1S/C20H19N5O3/c1-2-28-20(27)15-8-3-4-9-16(15)25-19(26)17-11-18(24-13-23-17)22-12-14-7-5-6-10-21-14/h3-11,13H,2,12H2,1H3,(H,25,26)(H,22,23,24). The summed E-state index contributed by atoms with van der Waals surface area (Å²) < 4.78 is 5.02. The molecule has 2 heterocycles. The fraction of sp³-hybridized carbons (Fsp3) is 0.150. The molecule has 3 rings (SSSR count). The Hall–Kier alpha value is -3.81. The maximum Gasteiger partial charge on any atom is 0.340 e. The van der Waals surface area contributed by atoms with E-state index in [2.05, 4.69) is 25.6 Å². The van der Waals surface area contributed by atoms with Gasteiger partial charge in [-0.25, -0.2) is 14.8 Å². The van der Waals surface area contributed by atoms with Crippen molar-refractivity contribution in [2.75, 3.05) is 17.2 Å². The van der Waals surface area contributed by atoms with Crippen molar-refractivity contribution in [2.45, 2.75) is 13.5 Å². The molecule has 3 aromatic rings. The van der Waals surface area contributed by atoms with Gasteiger partial charge in [-0.05, 0) is 31.2 Å². The van der Waals surface area contributed by atoms with Crippen LogP contribution in [0.25, 0.3) is 0 Å². The van der Waals surface area contributed by atoms with E-state index in [1.165, 1.54) is 12.4 Å². The molecule has 0 atom stereocenters.